The summed E-state index contributed by atoms with van der Waals surface area (Å²) in [5.41, 5.74) is -1.59. The number of hydrogen-bond donors (Lipinski definition) is 2. The minimum atomic E-state index is -4.84. The molecule has 2 spiro atoms. The Hall–Kier alpha value is -3.46. The summed E-state index contributed by atoms with van der Waals surface area (Å²) in [6.45, 7) is 5.07. The molecule has 1 aliphatic carbocycles. The van der Waals surface area contributed by atoms with Crippen LogP contribution in [0.1, 0.15) is 36.1 Å². The third-order valence-corrected chi connectivity index (χ3v) is 22.7. The molecular formula is C38H34FN5O8S5. The average molecular weight is 868 g/mol. The van der Waals surface area contributed by atoms with Gasteiger partial charge >= 0.3 is 0 Å². The van der Waals surface area contributed by atoms with Crippen LogP contribution < -0.4 is 5.32 Å². The van der Waals surface area contributed by atoms with Crippen molar-refractivity contribution >= 4 is 82.6 Å². The molecule has 0 saturated carbocycles. The predicted molar refractivity (Wildman–Crippen MR) is 212 cm³/mol. The lowest BCUT2D eigenvalue weighted by atomic mass is 9.51. The van der Waals surface area contributed by atoms with E-state index in [4.69, 9.17) is 4.18 Å². The zero-order chi connectivity index (χ0) is 40.2. The highest BCUT2D eigenvalue weighted by Gasteiger charge is 2.93. The highest BCUT2D eigenvalue weighted by molar-refractivity contribution is 8.78. The number of aliphatic hydroxyl groups is 1. The summed E-state index contributed by atoms with van der Waals surface area (Å²) in [5.74, 6) is -2.84. The first-order valence-corrected chi connectivity index (χ1v) is 23.9. The van der Waals surface area contributed by atoms with Crippen molar-refractivity contribution in [3.05, 3.63) is 94.8 Å². The molecule has 9 aliphatic heterocycles. The normalized spacial score (nSPS) is 40.6. The number of benzene rings is 3. The van der Waals surface area contributed by atoms with Gasteiger partial charge in [0.05, 0.1) is 21.8 Å². The molecule has 8 fully saturated rings. The maximum absolute atomic E-state index is 16.1. The van der Waals surface area contributed by atoms with Crippen LogP contribution in [0.5, 0.6) is 0 Å². The summed E-state index contributed by atoms with van der Waals surface area (Å²) in [7, 11) is 2.48. The third-order valence-electron chi connectivity index (χ3n) is 14.0. The smallest absolute Gasteiger partial charge is 0.297 e. The van der Waals surface area contributed by atoms with Crippen LogP contribution in [0.2, 0.25) is 0 Å². The van der Waals surface area contributed by atoms with Gasteiger partial charge in [-0.25, -0.2) is 4.39 Å². The fourth-order valence-corrected chi connectivity index (χ4v) is 19.6. The second-order valence-corrected chi connectivity index (χ2v) is 23.3. The van der Waals surface area contributed by atoms with Gasteiger partial charge in [-0.3, -0.25) is 28.3 Å². The number of rotatable bonds is 4. The summed E-state index contributed by atoms with van der Waals surface area (Å²) in [6.07, 6.45) is -4.95. The van der Waals surface area contributed by atoms with Crippen LogP contribution in [0.15, 0.2) is 71.6 Å². The van der Waals surface area contributed by atoms with Crippen LogP contribution in [0.4, 0.5) is 10.1 Å². The molecule has 3 aromatic carbocycles. The molecule has 0 unspecified atom stereocenters. The van der Waals surface area contributed by atoms with Gasteiger partial charge in [-0.2, -0.15) is 8.42 Å². The largest absolute Gasteiger partial charge is 0.388 e. The van der Waals surface area contributed by atoms with E-state index in [1.165, 1.54) is 64.0 Å². The first kappa shape index (κ1) is 36.6. The average Bonchev–Trinajstić information content (AvgIpc) is 3.83. The Labute approximate surface area is 342 Å². The van der Waals surface area contributed by atoms with E-state index in [1.807, 2.05) is 12.1 Å². The number of amides is 4. The van der Waals surface area contributed by atoms with E-state index in [1.54, 1.807) is 45.0 Å². The van der Waals surface area contributed by atoms with Gasteiger partial charge in [0.2, 0.25) is 9.74 Å². The molecule has 3 aromatic rings. The Balaban J connectivity index is 1.31. The molecule has 57 heavy (non-hydrogen) atoms. The molecule has 0 radical (unpaired) electrons. The second-order valence-electron chi connectivity index (χ2n) is 16.3. The molecule has 10 atom stereocenters. The van der Waals surface area contributed by atoms with Crippen LogP contribution in [-0.4, -0.2) is 115 Å². The first-order valence-electron chi connectivity index (χ1n) is 18.2. The van der Waals surface area contributed by atoms with Gasteiger partial charge in [-0.1, -0.05) is 63.5 Å². The predicted octanol–water partition coefficient (Wildman–Crippen LogP) is 3.36. The first-order chi connectivity index (χ1) is 26.9. The highest BCUT2D eigenvalue weighted by Crippen LogP contribution is 2.79. The molecule has 4 amide bonds. The number of hydrogen-bond acceptors (Lipinski definition) is 13. The van der Waals surface area contributed by atoms with Crippen molar-refractivity contribution < 1.29 is 41.3 Å². The molecule has 9 heterocycles. The van der Waals surface area contributed by atoms with Gasteiger partial charge in [0.15, 0.2) is 9.74 Å². The topological polar surface area (TPSA) is 157 Å². The summed E-state index contributed by atoms with van der Waals surface area (Å²) >= 11 is 0. The van der Waals surface area contributed by atoms with Crippen LogP contribution in [-0.2, 0) is 50.7 Å². The maximum atomic E-state index is 16.1. The van der Waals surface area contributed by atoms with E-state index < -0.39 is 94.3 Å². The van der Waals surface area contributed by atoms with Gasteiger partial charge < -0.3 is 25.1 Å². The zero-order valence-corrected chi connectivity index (χ0v) is 35.0. The monoisotopic (exact) mass is 867 g/mol. The van der Waals surface area contributed by atoms with Gasteiger partial charge in [-0.05, 0) is 95.8 Å². The van der Waals surface area contributed by atoms with E-state index >= 15 is 18.8 Å². The third kappa shape index (κ3) is 3.62. The Kier molecular flexibility index (Phi) is 6.95. The lowest BCUT2D eigenvalue weighted by molar-refractivity contribution is -0.166. The molecule has 10 aliphatic rings. The van der Waals surface area contributed by atoms with Crippen LogP contribution in [0.25, 0.3) is 0 Å². The van der Waals surface area contributed by atoms with Crippen molar-refractivity contribution in [2.24, 2.45) is 0 Å². The molecule has 4 bridgehead atoms. The van der Waals surface area contributed by atoms with Gasteiger partial charge in [0.1, 0.15) is 24.2 Å². The number of fused-ring (bicyclic) bond motifs is 11. The van der Waals surface area contributed by atoms with Gasteiger partial charge in [-0.15, -0.1) is 0 Å². The molecule has 13 rings (SSSR count). The van der Waals surface area contributed by atoms with Crippen molar-refractivity contribution in [2.45, 2.75) is 86.8 Å². The summed E-state index contributed by atoms with van der Waals surface area (Å²) in [5, 5.41) is 17.2. The molecule has 8 saturated heterocycles. The number of carbonyl (C=O) groups excluding carboxylic acids is 4. The molecule has 296 valence electrons. The lowest BCUT2D eigenvalue weighted by Crippen LogP contribution is -2.77. The Morgan fingerprint density at radius 2 is 1.40 bits per heavy atom. The molecule has 2 N–H and O–H groups in total. The summed E-state index contributed by atoms with van der Waals surface area (Å²) < 4.78 is 52.6. The highest BCUT2D eigenvalue weighted by atomic mass is 33.1. The van der Waals surface area contributed by atoms with Crippen LogP contribution in [0.3, 0.4) is 0 Å². The molecule has 0 aromatic heterocycles. The van der Waals surface area contributed by atoms with Gasteiger partial charge in [0, 0.05) is 19.8 Å². The van der Waals surface area contributed by atoms with Crippen LogP contribution >= 0.6 is 43.2 Å². The lowest BCUT2D eigenvalue weighted by Gasteiger charge is -2.58. The van der Waals surface area contributed by atoms with Crippen LogP contribution in [0, 0.1) is 12.7 Å². The number of halogens is 1. The van der Waals surface area contributed by atoms with Crippen molar-refractivity contribution in [1.29, 1.82) is 0 Å². The number of aliphatic hydroxyl groups excluding tert-OH is 1. The number of nitrogens with zero attached hydrogens (tertiary/aromatic N) is 4. The van der Waals surface area contributed by atoms with Crippen molar-refractivity contribution in [1.82, 2.24) is 19.6 Å². The summed E-state index contributed by atoms with van der Waals surface area (Å²) in [4.78, 5) is 58.9. The van der Waals surface area contributed by atoms with Crippen molar-refractivity contribution in [3.8, 4) is 0 Å². The quantitative estimate of drug-likeness (QED) is 0.291. The Morgan fingerprint density at radius 1 is 0.789 bits per heavy atom. The van der Waals surface area contributed by atoms with E-state index in [9.17, 15) is 18.3 Å². The number of carbonyl (C=O) groups is 4. The SMILES string of the molecule is Cc1ccc(S(=O)(=O)O[C@H]2[C@]3([C@@]45c6ccccc6C[C@@H]4N4C(=O)[C@]6(C)SS[C@]4(C(=O)N6C)[C@H]5O)c4cc(F)ccc4N[C@@H]3N3C(=O)[C@]4(C)SS[C@]23C(=O)N4C)cc1. The zero-order valence-electron chi connectivity index (χ0n) is 30.9. The Bertz CT molecular complexity index is 2570. The Morgan fingerprint density at radius 3 is 2.09 bits per heavy atom. The fraction of sp³-hybridized carbons (Fsp3) is 0.421. The van der Waals surface area contributed by atoms with Crippen molar-refractivity contribution in [3.63, 3.8) is 0 Å². The van der Waals surface area contributed by atoms with Crippen molar-refractivity contribution in [2.75, 3.05) is 19.4 Å². The number of piperazine rings is 2. The fourth-order valence-electron chi connectivity index (χ4n) is 11.2. The second kappa shape index (κ2) is 10.8. The molecule has 19 heteroatoms. The van der Waals surface area contributed by atoms with Gasteiger partial charge in [0.25, 0.3) is 33.7 Å². The molecular weight excluding hydrogens is 834 g/mol. The maximum Gasteiger partial charge on any atom is 0.297 e. The molecule has 13 nitrogen and oxygen atoms in total. The number of likely N-dealkylation sites (N-methyl/N-ethyl adjacent to an activating group) is 2. The van der Waals surface area contributed by atoms with E-state index in [0.29, 0.717) is 16.8 Å². The number of anilines is 1. The summed E-state index contributed by atoms with van der Waals surface area (Å²) in [6, 6.07) is 16.0. The minimum Gasteiger partial charge on any atom is -0.388 e. The van der Waals surface area contributed by atoms with E-state index in [-0.39, 0.29) is 16.9 Å². The minimum absolute atomic E-state index is 0.115. The number of nitrogens with one attached hydrogen (secondary N) is 1. The standard InChI is InChI=1S/C38H34FN5O8S5/c1-18-10-13-21(14-11-18)57(50,51)52-27-36(23-17-20(39)12-15-24(23)40-28(36)44-30(47)34(3)42(5)32(49)38(27,44)56-54-34)35-22-9-7-6-8-19(22)16-25(35)43-29(46)33(2)41(4)31(48)37(43,26(35)45)55-53-33/h6-15,17,25-28,40,45H,16H2,1-5H3/t25-,26-,27-,28+,33-,34-,35-,36+,37-,38-/m0/s1. The van der Waals surface area contributed by atoms with E-state index in [0.717, 1.165) is 48.7 Å². The van der Waals surface area contributed by atoms with E-state index in [2.05, 4.69) is 5.32 Å². The number of aryl methyl sites for hydroxylation is 1.